The largest absolute Gasteiger partial charge is 0.494 e. The van der Waals surface area contributed by atoms with Gasteiger partial charge in [0, 0.05) is 0 Å². The van der Waals surface area contributed by atoms with E-state index in [1.165, 1.54) is 0 Å². The lowest BCUT2D eigenvalue weighted by molar-refractivity contribution is 0.171. The number of rotatable bonds is 4. The van der Waals surface area contributed by atoms with Crippen LogP contribution in [0.3, 0.4) is 0 Å². The zero-order valence-corrected chi connectivity index (χ0v) is 13.3. The molecule has 0 aliphatic carbocycles. The summed E-state index contributed by atoms with van der Waals surface area (Å²) in [4.78, 5) is 0. The normalized spacial score (nSPS) is 11.9. The highest BCUT2D eigenvalue weighted by Crippen LogP contribution is 2.28. The summed E-state index contributed by atoms with van der Waals surface area (Å²) in [6.07, 6.45) is 5.11. The number of para-hydroxylation sites is 2. The zero-order chi connectivity index (χ0) is 15.9. The number of ether oxygens (including phenoxy) is 3. The van der Waals surface area contributed by atoms with Crippen LogP contribution in [0.25, 0.3) is 0 Å². The van der Waals surface area contributed by atoms with Gasteiger partial charge in [-0.05, 0) is 31.2 Å². The van der Waals surface area contributed by atoms with Gasteiger partial charge in [-0.15, -0.1) is 0 Å². The van der Waals surface area contributed by atoms with Gasteiger partial charge in [0.15, 0.2) is 11.5 Å². The third kappa shape index (κ3) is 7.88. The highest BCUT2D eigenvalue weighted by Gasteiger charge is 2.07. The molecule has 0 spiro atoms. The molecule has 0 radical (unpaired) electrons. The molecule has 1 aromatic carbocycles. The van der Waals surface area contributed by atoms with Gasteiger partial charge in [-0.2, -0.15) is 0 Å². The van der Waals surface area contributed by atoms with E-state index in [0.29, 0.717) is 19.8 Å². The van der Waals surface area contributed by atoms with Gasteiger partial charge in [-0.1, -0.05) is 45.2 Å². The third-order valence-corrected chi connectivity index (χ3v) is 2.24. The average molecular weight is 290 g/mol. The summed E-state index contributed by atoms with van der Waals surface area (Å²) < 4.78 is 15.7. The Morgan fingerprint density at radius 1 is 1.14 bits per heavy atom. The van der Waals surface area contributed by atoms with Gasteiger partial charge in [-0.3, -0.25) is 0 Å². The summed E-state index contributed by atoms with van der Waals surface area (Å²) in [6, 6.07) is 7.70. The number of hydrogen-bond donors (Lipinski definition) is 0. The molecule has 3 nitrogen and oxygen atoms in total. The Balaban J connectivity index is 0.000000344. The molecular weight excluding hydrogens is 264 g/mol. The van der Waals surface area contributed by atoms with Crippen molar-refractivity contribution in [2.24, 2.45) is 0 Å². The fourth-order valence-corrected chi connectivity index (χ4v) is 1.45. The van der Waals surface area contributed by atoms with Crippen LogP contribution in [0.15, 0.2) is 61.4 Å². The maximum absolute atomic E-state index is 5.30. The number of hydrogen-bond acceptors (Lipinski definition) is 3. The smallest absolute Gasteiger partial charge is 0.161 e. The second kappa shape index (κ2) is 12.9. The van der Waals surface area contributed by atoms with Crippen molar-refractivity contribution in [3.05, 3.63) is 61.4 Å². The Morgan fingerprint density at radius 3 is 2.05 bits per heavy atom. The number of allylic oxidation sites excluding steroid dienone is 3. The average Bonchev–Trinajstić information content (AvgIpc) is 2.57. The van der Waals surface area contributed by atoms with Crippen LogP contribution in [0.1, 0.15) is 20.8 Å². The minimum atomic E-state index is 0.664. The minimum Gasteiger partial charge on any atom is -0.494 e. The van der Waals surface area contributed by atoms with Crippen molar-refractivity contribution in [1.82, 2.24) is 0 Å². The SMILES string of the molecule is C=C/C=C(\C=C)OCC.CC.c1ccc2c(c1)OCCO2. The summed E-state index contributed by atoms with van der Waals surface area (Å²) in [6.45, 7) is 15.0. The van der Waals surface area contributed by atoms with E-state index in [9.17, 15) is 0 Å². The van der Waals surface area contributed by atoms with Gasteiger partial charge >= 0.3 is 0 Å². The molecule has 1 aliphatic rings. The lowest BCUT2D eigenvalue weighted by atomic mass is 10.3. The van der Waals surface area contributed by atoms with Crippen LogP contribution in [-0.2, 0) is 4.74 Å². The van der Waals surface area contributed by atoms with Crippen LogP contribution in [0.4, 0.5) is 0 Å². The number of benzene rings is 1. The van der Waals surface area contributed by atoms with Gasteiger partial charge in [0.1, 0.15) is 19.0 Å². The van der Waals surface area contributed by atoms with E-state index in [4.69, 9.17) is 14.2 Å². The van der Waals surface area contributed by atoms with Crippen LogP contribution in [0.5, 0.6) is 11.5 Å². The van der Waals surface area contributed by atoms with Crippen molar-refractivity contribution >= 4 is 0 Å². The second-order valence-corrected chi connectivity index (χ2v) is 3.59. The molecule has 0 unspecified atom stereocenters. The van der Waals surface area contributed by atoms with Crippen LogP contribution in [-0.4, -0.2) is 19.8 Å². The van der Waals surface area contributed by atoms with E-state index < -0.39 is 0 Å². The summed E-state index contributed by atoms with van der Waals surface area (Å²) in [5.41, 5.74) is 0. The van der Waals surface area contributed by atoms with Gasteiger partial charge in [0.05, 0.1) is 6.61 Å². The molecule has 116 valence electrons. The Bertz CT molecular complexity index is 411. The van der Waals surface area contributed by atoms with E-state index in [1.807, 2.05) is 45.0 Å². The quantitative estimate of drug-likeness (QED) is 0.591. The molecule has 0 N–H and O–H groups in total. The topological polar surface area (TPSA) is 27.7 Å². The third-order valence-electron chi connectivity index (χ3n) is 2.24. The molecule has 0 bridgehead atoms. The fourth-order valence-electron chi connectivity index (χ4n) is 1.45. The summed E-state index contributed by atoms with van der Waals surface area (Å²) in [5, 5.41) is 0. The first kappa shape index (κ1) is 18.8. The van der Waals surface area contributed by atoms with Crippen molar-refractivity contribution in [3.63, 3.8) is 0 Å². The van der Waals surface area contributed by atoms with Crippen molar-refractivity contribution in [2.75, 3.05) is 19.8 Å². The summed E-state index contributed by atoms with van der Waals surface area (Å²) in [7, 11) is 0. The molecule has 1 aromatic rings. The predicted octanol–water partition coefficient (Wildman–Crippen LogP) is 4.76. The molecule has 1 aliphatic heterocycles. The monoisotopic (exact) mass is 290 g/mol. The van der Waals surface area contributed by atoms with E-state index in [0.717, 1.165) is 17.3 Å². The van der Waals surface area contributed by atoms with E-state index >= 15 is 0 Å². The Hall–Kier alpha value is -2.16. The molecule has 0 atom stereocenters. The van der Waals surface area contributed by atoms with E-state index in [2.05, 4.69) is 13.2 Å². The van der Waals surface area contributed by atoms with Crippen molar-refractivity contribution < 1.29 is 14.2 Å². The van der Waals surface area contributed by atoms with Crippen LogP contribution < -0.4 is 9.47 Å². The van der Waals surface area contributed by atoms with Crippen LogP contribution >= 0.6 is 0 Å². The van der Waals surface area contributed by atoms with Gasteiger partial charge in [-0.25, -0.2) is 0 Å². The molecule has 0 saturated heterocycles. The van der Waals surface area contributed by atoms with Crippen molar-refractivity contribution in [1.29, 1.82) is 0 Å². The second-order valence-electron chi connectivity index (χ2n) is 3.59. The molecule has 0 amide bonds. The molecule has 21 heavy (non-hydrogen) atoms. The van der Waals surface area contributed by atoms with Crippen molar-refractivity contribution in [3.8, 4) is 11.5 Å². The van der Waals surface area contributed by atoms with E-state index in [1.54, 1.807) is 18.2 Å². The molecule has 3 heteroatoms. The maximum Gasteiger partial charge on any atom is 0.161 e. The van der Waals surface area contributed by atoms with Gasteiger partial charge in [0.25, 0.3) is 0 Å². The Kier molecular flexibility index (Phi) is 11.5. The van der Waals surface area contributed by atoms with Gasteiger partial charge in [0.2, 0.25) is 0 Å². The first-order chi connectivity index (χ1) is 10.3. The van der Waals surface area contributed by atoms with Crippen molar-refractivity contribution in [2.45, 2.75) is 20.8 Å². The molecule has 0 saturated carbocycles. The Morgan fingerprint density at radius 2 is 1.67 bits per heavy atom. The molecule has 0 fully saturated rings. The fraction of sp³-hybridized carbons (Fsp3) is 0.333. The zero-order valence-electron chi connectivity index (χ0n) is 13.3. The molecule has 1 heterocycles. The molecule has 2 rings (SSSR count). The first-order valence-corrected chi connectivity index (χ1v) is 7.24. The molecule has 0 aromatic heterocycles. The highest BCUT2D eigenvalue weighted by molar-refractivity contribution is 5.40. The Labute approximate surface area is 128 Å². The predicted molar refractivity (Wildman–Crippen MR) is 88.9 cm³/mol. The number of fused-ring (bicyclic) bond motifs is 1. The summed E-state index contributed by atoms with van der Waals surface area (Å²) >= 11 is 0. The van der Waals surface area contributed by atoms with Crippen LogP contribution in [0.2, 0.25) is 0 Å². The van der Waals surface area contributed by atoms with Gasteiger partial charge < -0.3 is 14.2 Å². The highest BCUT2D eigenvalue weighted by atomic mass is 16.6. The lowest BCUT2D eigenvalue weighted by Gasteiger charge is -2.17. The minimum absolute atomic E-state index is 0.664. The van der Waals surface area contributed by atoms with E-state index in [-0.39, 0.29) is 0 Å². The molecular formula is C18H26O3. The first-order valence-electron chi connectivity index (χ1n) is 7.24. The maximum atomic E-state index is 5.30. The lowest BCUT2D eigenvalue weighted by Crippen LogP contribution is -2.14. The van der Waals surface area contributed by atoms with Crippen LogP contribution in [0, 0.1) is 0 Å². The summed E-state index contributed by atoms with van der Waals surface area (Å²) in [5.74, 6) is 2.48. The standard InChI is InChI=1S/C8H8O2.C8H12O.C2H6/c1-2-4-8-7(3-1)9-5-6-10-8;1-4-7-8(5-2)9-6-3;1-2/h1-4H,5-6H2;4-5,7H,1-2,6H2,3H3;1-2H3/b;8-7+;.